The molecule has 1 rings (SSSR count). The van der Waals surface area contributed by atoms with Crippen molar-refractivity contribution in [2.24, 2.45) is 0 Å². The van der Waals surface area contributed by atoms with Gasteiger partial charge >= 0.3 is 0 Å². The summed E-state index contributed by atoms with van der Waals surface area (Å²) in [6, 6.07) is 10.0. The minimum Gasteiger partial charge on any atom is -0.406 e. The van der Waals surface area contributed by atoms with Crippen LogP contribution >= 0.6 is 0 Å². The first kappa shape index (κ1) is 22.6. The molecular formula is C21H35NO3Si. The van der Waals surface area contributed by atoms with Crippen molar-refractivity contribution >= 4 is 14.0 Å². The van der Waals surface area contributed by atoms with Crippen LogP contribution in [0, 0.1) is 10.1 Å². The molecule has 26 heavy (non-hydrogen) atoms. The number of rotatable bonds is 13. The summed E-state index contributed by atoms with van der Waals surface area (Å²) < 4.78 is 6.76. The van der Waals surface area contributed by atoms with E-state index in [-0.39, 0.29) is 16.7 Å². The summed E-state index contributed by atoms with van der Waals surface area (Å²) in [6.07, 6.45) is 5.59. The fourth-order valence-corrected chi connectivity index (χ4v) is 6.12. The van der Waals surface area contributed by atoms with Gasteiger partial charge in [0.1, 0.15) is 0 Å². The smallest absolute Gasteiger partial charge is 0.269 e. The Labute approximate surface area is 159 Å². The molecule has 1 aromatic carbocycles. The molecule has 0 saturated carbocycles. The van der Waals surface area contributed by atoms with Crippen LogP contribution in [0.1, 0.15) is 71.5 Å². The van der Waals surface area contributed by atoms with E-state index < -0.39 is 8.32 Å². The fourth-order valence-electron chi connectivity index (χ4n) is 3.32. The Bertz CT molecular complexity index is 559. The van der Waals surface area contributed by atoms with Crippen LogP contribution in [0.4, 0.5) is 5.69 Å². The summed E-state index contributed by atoms with van der Waals surface area (Å²) in [7, 11) is -1.81. The predicted octanol–water partition coefficient (Wildman–Crippen LogP) is 7.18. The highest BCUT2D eigenvalue weighted by molar-refractivity contribution is 6.73. The van der Waals surface area contributed by atoms with Crippen LogP contribution in [0.5, 0.6) is 0 Å². The van der Waals surface area contributed by atoms with Crippen molar-refractivity contribution in [1.82, 2.24) is 0 Å². The molecule has 146 valence electrons. The monoisotopic (exact) mass is 377 g/mol. The highest BCUT2D eigenvalue weighted by Crippen LogP contribution is 2.36. The van der Waals surface area contributed by atoms with Gasteiger partial charge in [0.25, 0.3) is 5.69 Å². The molecule has 0 aliphatic heterocycles. The molecule has 0 amide bonds. The third-order valence-corrected chi connectivity index (χ3v) is 10.0. The number of benzene rings is 1. The van der Waals surface area contributed by atoms with Crippen LogP contribution in [0.25, 0.3) is 0 Å². The van der Waals surface area contributed by atoms with Gasteiger partial charge in [-0.2, -0.15) is 0 Å². The van der Waals surface area contributed by atoms with Crippen LogP contribution in [0.15, 0.2) is 36.4 Å². The molecule has 5 heteroatoms. The van der Waals surface area contributed by atoms with Crippen LogP contribution < -0.4 is 0 Å². The van der Waals surface area contributed by atoms with Crippen LogP contribution in [-0.2, 0) is 4.43 Å². The lowest BCUT2D eigenvalue weighted by Crippen LogP contribution is -2.37. The Hall–Kier alpha value is -1.46. The zero-order valence-electron chi connectivity index (χ0n) is 16.9. The first-order valence-corrected chi connectivity index (χ1v) is 12.6. The Balaban J connectivity index is 3.03. The van der Waals surface area contributed by atoms with Gasteiger partial charge < -0.3 is 4.43 Å². The van der Waals surface area contributed by atoms with Gasteiger partial charge in [0.15, 0.2) is 8.32 Å². The number of hydrogen-bond acceptors (Lipinski definition) is 3. The minimum absolute atomic E-state index is 0.117. The highest BCUT2D eigenvalue weighted by Gasteiger charge is 2.33. The van der Waals surface area contributed by atoms with E-state index in [2.05, 4.69) is 34.3 Å². The van der Waals surface area contributed by atoms with Crippen molar-refractivity contribution in [2.45, 2.75) is 84.0 Å². The summed E-state index contributed by atoms with van der Waals surface area (Å²) in [4.78, 5) is 10.6. The molecule has 1 atom stereocenters. The van der Waals surface area contributed by atoms with E-state index in [1.165, 1.54) is 19.3 Å². The maximum Gasteiger partial charge on any atom is 0.269 e. The van der Waals surface area contributed by atoms with Gasteiger partial charge in [-0.1, -0.05) is 53.5 Å². The van der Waals surface area contributed by atoms with Gasteiger partial charge in [0, 0.05) is 12.1 Å². The van der Waals surface area contributed by atoms with Crippen molar-refractivity contribution < 1.29 is 9.35 Å². The Morgan fingerprint density at radius 2 is 1.65 bits per heavy atom. The Morgan fingerprint density at radius 3 is 2.12 bits per heavy atom. The third kappa shape index (κ3) is 6.36. The first-order valence-electron chi connectivity index (χ1n) is 10.0. The number of non-ortho nitro benzene ring substituents is 1. The molecule has 0 heterocycles. The Morgan fingerprint density at radius 1 is 1.08 bits per heavy atom. The van der Waals surface area contributed by atoms with E-state index in [1.54, 1.807) is 12.1 Å². The molecule has 1 aromatic rings. The molecule has 0 aliphatic rings. The topological polar surface area (TPSA) is 52.4 Å². The number of nitro benzene ring substituents is 1. The normalized spacial score (nSPS) is 12.8. The number of nitrogens with zero attached hydrogens (tertiary/aromatic N) is 1. The number of nitro groups is 1. The second-order valence-corrected chi connectivity index (χ2v) is 11.8. The molecule has 0 bridgehead atoms. The maximum atomic E-state index is 11.0. The molecule has 0 spiro atoms. The van der Waals surface area contributed by atoms with Crippen LogP contribution in [-0.4, -0.2) is 13.2 Å². The van der Waals surface area contributed by atoms with Gasteiger partial charge in [0.05, 0.1) is 11.0 Å². The SMILES string of the molecule is C=C(CCCCCC)C(O[Si](CC)(CC)CC)c1ccc([N+](=O)[O-])cc1. The molecule has 0 radical (unpaired) electrons. The molecule has 0 N–H and O–H groups in total. The fraction of sp³-hybridized carbons (Fsp3) is 0.619. The molecule has 4 nitrogen and oxygen atoms in total. The van der Waals surface area contributed by atoms with E-state index >= 15 is 0 Å². The molecule has 1 unspecified atom stereocenters. The lowest BCUT2D eigenvalue weighted by atomic mass is 9.98. The molecule has 0 saturated heterocycles. The average Bonchev–Trinajstić information content (AvgIpc) is 2.67. The van der Waals surface area contributed by atoms with Gasteiger partial charge in [-0.05, 0) is 54.2 Å². The zero-order valence-corrected chi connectivity index (χ0v) is 17.9. The van der Waals surface area contributed by atoms with Crippen molar-refractivity contribution in [2.75, 3.05) is 0 Å². The molecular weight excluding hydrogens is 342 g/mol. The van der Waals surface area contributed by atoms with E-state index in [0.29, 0.717) is 0 Å². The average molecular weight is 378 g/mol. The first-order chi connectivity index (χ1) is 12.4. The second-order valence-electron chi connectivity index (χ2n) is 7.06. The highest BCUT2D eigenvalue weighted by atomic mass is 28.4. The van der Waals surface area contributed by atoms with Crippen molar-refractivity contribution in [1.29, 1.82) is 0 Å². The van der Waals surface area contributed by atoms with Gasteiger partial charge in [-0.15, -0.1) is 0 Å². The summed E-state index contributed by atoms with van der Waals surface area (Å²) in [6.45, 7) is 13.2. The summed E-state index contributed by atoms with van der Waals surface area (Å²) in [5.74, 6) is 0. The molecule has 0 aromatic heterocycles. The minimum atomic E-state index is -1.81. The lowest BCUT2D eigenvalue weighted by Gasteiger charge is -2.34. The van der Waals surface area contributed by atoms with Gasteiger partial charge in [0.2, 0.25) is 0 Å². The zero-order chi connectivity index (χ0) is 19.6. The van der Waals surface area contributed by atoms with Crippen molar-refractivity contribution in [3.05, 3.63) is 52.1 Å². The van der Waals surface area contributed by atoms with E-state index in [9.17, 15) is 10.1 Å². The summed E-state index contributed by atoms with van der Waals surface area (Å²) in [5, 5.41) is 11.0. The standard InChI is InChI=1S/C21H35NO3Si/c1-6-10-11-12-13-18(5)21(25-26(7-2,8-3)9-4)19-14-16-20(17-15-19)22(23)24/h14-17,21H,5-13H2,1-4H3. The lowest BCUT2D eigenvalue weighted by molar-refractivity contribution is -0.384. The molecule has 0 aliphatic carbocycles. The summed E-state index contributed by atoms with van der Waals surface area (Å²) >= 11 is 0. The van der Waals surface area contributed by atoms with Crippen molar-refractivity contribution in [3.63, 3.8) is 0 Å². The number of unbranched alkanes of at least 4 members (excludes halogenated alkanes) is 3. The van der Waals surface area contributed by atoms with Crippen molar-refractivity contribution in [3.8, 4) is 0 Å². The third-order valence-electron chi connectivity index (χ3n) is 5.43. The maximum absolute atomic E-state index is 11.0. The number of hydrogen-bond donors (Lipinski definition) is 0. The quantitative estimate of drug-likeness (QED) is 0.120. The van der Waals surface area contributed by atoms with Gasteiger partial charge in [-0.3, -0.25) is 10.1 Å². The van der Waals surface area contributed by atoms with E-state index in [0.717, 1.165) is 42.1 Å². The Kier molecular flexibility index (Phi) is 9.81. The predicted molar refractivity (Wildman–Crippen MR) is 112 cm³/mol. The molecule has 0 fully saturated rings. The van der Waals surface area contributed by atoms with E-state index in [1.807, 2.05) is 12.1 Å². The van der Waals surface area contributed by atoms with Crippen LogP contribution in [0.3, 0.4) is 0 Å². The van der Waals surface area contributed by atoms with Crippen LogP contribution in [0.2, 0.25) is 18.1 Å². The second kappa shape index (κ2) is 11.3. The van der Waals surface area contributed by atoms with E-state index in [4.69, 9.17) is 4.43 Å². The summed E-state index contributed by atoms with van der Waals surface area (Å²) in [5.41, 5.74) is 2.21. The van der Waals surface area contributed by atoms with Gasteiger partial charge in [-0.25, -0.2) is 0 Å². The largest absolute Gasteiger partial charge is 0.406 e.